The Kier molecular flexibility index (Phi) is 7.01. The molecule has 1 aromatic carbocycles. The standard InChI is InChI=1S/C18H21BF3NO7/c1-17(2,3)16(26)29-9-28-15(25)11-6-4-5-10-7-12(19(27)30-14(10)11)23-13(24)8-18(20,21)22/h4-6,12,27H,7-9H2,1-3H3,(H,23,24)/t12-/m0/s1. The molecular weight excluding hydrogens is 410 g/mol. The number of amides is 1. The number of alkyl halides is 3. The highest BCUT2D eigenvalue weighted by Gasteiger charge is 2.40. The molecule has 0 aliphatic carbocycles. The van der Waals surface area contributed by atoms with E-state index in [9.17, 15) is 32.6 Å². The van der Waals surface area contributed by atoms with Gasteiger partial charge in [0, 0.05) is 0 Å². The van der Waals surface area contributed by atoms with Crippen LogP contribution in [0.1, 0.15) is 43.1 Å². The number of halogens is 3. The van der Waals surface area contributed by atoms with Gasteiger partial charge in [0.1, 0.15) is 17.7 Å². The molecule has 0 bridgehead atoms. The van der Waals surface area contributed by atoms with Crippen molar-refractivity contribution in [1.82, 2.24) is 5.32 Å². The number of ether oxygens (including phenoxy) is 2. The highest BCUT2D eigenvalue weighted by atomic mass is 19.4. The summed E-state index contributed by atoms with van der Waals surface area (Å²) in [5.74, 6) is -3.94. The van der Waals surface area contributed by atoms with Crippen LogP contribution in [0.5, 0.6) is 5.75 Å². The quantitative estimate of drug-likeness (QED) is 0.416. The lowest BCUT2D eigenvalue weighted by Crippen LogP contribution is -2.53. The Bertz CT molecular complexity index is 823. The minimum absolute atomic E-state index is 0.0292. The molecule has 0 fully saturated rings. The maximum Gasteiger partial charge on any atom is 0.547 e. The second-order valence-electron chi connectivity index (χ2n) is 7.70. The van der Waals surface area contributed by atoms with Gasteiger partial charge >= 0.3 is 25.2 Å². The van der Waals surface area contributed by atoms with Gasteiger partial charge in [-0.25, -0.2) is 4.79 Å². The van der Waals surface area contributed by atoms with Crippen molar-refractivity contribution in [2.24, 2.45) is 5.41 Å². The van der Waals surface area contributed by atoms with Crippen LogP contribution in [0.4, 0.5) is 13.2 Å². The van der Waals surface area contributed by atoms with E-state index in [1.165, 1.54) is 18.2 Å². The number of rotatable bonds is 5. The van der Waals surface area contributed by atoms with E-state index in [0.717, 1.165) is 0 Å². The Morgan fingerprint density at radius 3 is 2.50 bits per heavy atom. The average molecular weight is 431 g/mol. The van der Waals surface area contributed by atoms with Crippen LogP contribution in [0.3, 0.4) is 0 Å². The minimum Gasteiger partial charge on any atom is -0.534 e. The van der Waals surface area contributed by atoms with Crippen molar-refractivity contribution in [3.63, 3.8) is 0 Å². The van der Waals surface area contributed by atoms with Crippen LogP contribution in [0.2, 0.25) is 0 Å². The van der Waals surface area contributed by atoms with Gasteiger partial charge in [0.2, 0.25) is 12.7 Å². The predicted octanol–water partition coefficient (Wildman–Crippen LogP) is 1.78. The van der Waals surface area contributed by atoms with E-state index in [0.29, 0.717) is 5.56 Å². The van der Waals surface area contributed by atoms with Gasteiger partial charge in [-0.1, -0.05) is 12.1 Å². The average Bonchev–Trinajstić information content (AvgIpc) is 2.59. The van der Waals surface area contributed by atoms with Gasteiger partial charge in [0.25, 0.3) is 0 Å². The Balaban J connectivity index is 2.04. The molecule has 2 rings (SSSR count). The first kappa shape index (κ1) is 23.5. The summed E-state index contributed by atoms with van der Waals surface area (Å²) in [5.41, 5.74) is -0.478. The minimum atomic E-state index is -4.68. The van der Waals surface area contributed by atoms with Crippen molar-refractivity contribution in [3.05, 3.63) is 29.3 Å². The maximum atomic E-state index is 12.3. The second-order valence-corrected chi connectivity index (χ2v) is 7.70. The summed E-state index contributed by atoms with van der Waals surface area (Å²) in [6.07, 6.45) is -6.45. The van der Waals surface area contributed by atoms with Gasteiger partial charge < -0.3 is 24.5 Å². The zero-order chi connectivity index (χ0) is 22.7. The van der Waals surface area contributed by atoms with Crippen molar-refractivity contribution >= 4 is 25.0 Å². The van der Waals surface area contributed by atoms with Crippen LogP contribution < -0.4 is 9.97 Å². The lowest BCUT2D eigenvalue weighted by molar-refractivity contribution is -0.161. The molecule has 30 heavy (non-hydrogen) atoms. The number of para-hydroxylation sites is 1. The summed E-state index contributed by atoms with van der Waals surface area (Å²) in [4.78, 5) is 35.5. The third kappa shape index (κ3) is 6.38. The summed E-state index contributed by atoms with van der Waals surface area (Å²) < 4.78 is 52.0. The topological polar surface area (TPSA) is 111 Å². The Hall–Kier alpha value is -2.76. The number of esters is 2. The summed E-state index contributed by atoms with van der Waals surface area (Å²) in [5, 5.41) is 12.1. The third-order valence-corrected chi connectivity index (χ3v) is 4.04. The molecular formula is C18H21BF3NO7. The smallest absolute Gasteiger partial charge is 0.534 e. The molecule has 0 saturated heterocycles. The summed E-state index contributed by atoms with van der Waals surface area (Å²) in [7, 11) is -1.68. The highest BCUT2D eigenvalue weighted by Crippen LogP contribution is 2.31. The van der Waals surface area contributed by atoms with Crippen molar-refractivity contribution in [1.29, 1.82) is 0 Å². The fourth-order valence-electron chi connectivity index (χ4n) is 2.58. The van der Waals surface area contributed by atoms with E-state index >= 15 is 0 Å². The van der Waals surface area contributed by atoms with Crippen molar-refractivity contribution in [2.75, 3.05) is 6.79 Å². The number of benzene rings is 1. The van der Waals surface area contributed by atoms with Gasteiger partial charge in [0.05, 0.1) is 11.4 Å². The normalized spacial score (nSPS) is 16.2. The SMILES string of the molecule is CC(C)(C)C(=O)OCOC(=O)c1cccc2c1OB(O)[C@@H](NC(=O)CC(F)(F)F)C2. The van der Waals surface area contributed by atoms with Gasteiger partial charge in [-0.3, -0.25) is 9.59 Å². The summed E-state index contributed by atoms with van der Waals surface area (Å²) >= 11 is 0. The van der Waals surface area contributed by atoms with Gasteiger partial charge in [-0.15, -0.1) is 0 Å². The van der Waals surface area contributed by atoms with E-state index in [-0.39, 0.29) is 17.7 Å². The first-order chi connectivity index (χ1) is 13.8. The lowest BCUT2D eigenvalue weighted by Gasteiger charge is -2.29. The Morgan fingerprint density at radius 2 is 1.90 bits per heavy atom. The van der Waals surface area contributed by atoms with Gasteiger partial charge in [0.15, 0.2) is 0 Å². The van der Waals surface area contributed by atoms with Crippen LogP contribution in [0, 0.1) is 5.41 Å². The monoisotopic (exact) mass is 431 g/mol. The largest absolute Gasteiger partial charge is 0.547 e. The molecule has 1 aromatic rings. The van der Waals surface area contributed by atoms with Crippen molar-refractivity contribution in [2.45, 2.75) is 45.7 Å². The number of hydrogen-bond donors (Lipinski definition) is 2. The zero-order valence-corrected chi connectivity index (χ0v) is 16.5. The molecule has 164 valence electrons. The third-order valence-electron chi connectivity index (χ3n) is 4.04. The number of carbonyl (C=O) groups excluding carboxylic acids is 3. The van der Waals surface area contributed by atoms with Crippen LogP contribution in [-0.4, -0.2) is 48.9 Å². The van der Waals surface area contributed by atoms with Crippen molar-refractivity contribution < 1.29 is 46.7 Å². The predicted molar refractivity (Wildman–Crippen MR) is 97.2 cm³/mol. The molecule has 0 radical (unpaired) electrons. The van der Waals surface area contributed by atoms with E-state index in [2.05, 4.69) is 5.32 Å². The van der Waals surface area contributed by atoms with Crippen LogP contribution in [0.25, 0.3) is 0 Å². The molecule has 0 unspecified atom stereocenters. The summed E-state index contributed by atoms with van der Waals surface area (Å²) in [6, 6.07) is 4.36. The van der Waals surface area contributed by atoms with E-state index in [1.54, 1.807) is 20.8 Å². The molecule has 1 heterocycles. The molecule has 0 spiro atoms. The van der Waals surface area contributed by atoms with Crippen molar-refractivity contribution in [3.8, 4) is 5.75 Å². The molecule has 1 aliphatic rings. The number of carbonyl (C=O) groups is 3. The summed E-state index contributed by atoms with van der Waals surface area (Å²) in [6.45, 7) is 4.26. The van der Waals surface area contributed by atoms with Crippen LogP contribution in [-0.2, 0) is 25.5 Å². The maximum absolute atomic E-state index is 12.3. The molecule has 1 amide bonds. The highest BCUT2D eigenvalue weighted by molar-refractivity contribution is 6.47. The number of fused-ring (bicyclic) bond motifs is 1. The fraction of sp³-hybridized carbons (Fsp3) is 0.500. The Labute approximate surface area is 170 Å². The molecule has 1 aliphatic heterocycles. The number of hydrogen-bond acceptors (Lipinski definition) is 7. The molecule has 0 aromatic heterocycles. The van der Waals surface area contributed by atoms with E-state index in [4.69, 9.17) is 14.1 Å². The second kappa shape index (κ2) is 8.94. The Morgan fingerprint density at radius 1 is 1.23 bits per heavy atom. The van der Waals surface area contributed by atoms with Crippen LogP contribution in [0.15, 0.2) is 18.2 Å². The van der Waals surface area contributed by atoms with E-state index < -0.39 is 55.7 Å². The zero-order valence-electron chi connectivity index (χ0n) is 16.5. The van der Waals surface area contributed by atoms with E-state index in [1.807, 2.05) is 0 Å². The van der Waals surface area contributed by atoms with Gasteiger partial charge in [-0.05, 0) is 38.8 Å². The number of nitrogens with one attached hydrogen (secondary N) is 1. The van der Waals surface area contributed by atoms with Crippen LogP contribution >= 0.6 is 0 Å². The molecule has 1 atom stereocenters. The lowest BCUT2D eigenvalue weighted by atomic mass is 9.72. The first-order valence-electron chi connectivity index (χ1n) is 8.95. The molecule has 12 heteroatoms. The first-order valence-corrected chi connectivity index (χ1v) is 8.95. The molecule has 8 nitrogen and oxygen atoms in total. The fourth-order valence-corrected chi connectivity index (χ4v) is 2.58. The molecule has 0 saturated carbocycles. The molecule has 2 N–H and O–H groups in total. The van der Waals surface area contributed by atoms with Gasteiger partial charge in [-0.2, -0.15) is 13.2 Å².